The van der Waals surface area contributed by atoms with Gasteiger partial charge in [0.25, 0.3) is 0 Å². The van der Waals surface area contributed by atoms with Crippen molar-refractivity contribution in [2.75, 3.05) is 0 Å². The van der Waals surface area contributed by atoms with Gasteiger partial charge in [0.15, 0.2) is 5.69 Å². The molecule has 0 saturated heterocycles. The third kappa shape index (κ3) is 2.12. The van der Waals surface area contributed by atoms with E-state index in [2.05, 4.69) is 11.1 Å². The molecule has 16 heavy (non-hydrogen) atoms. The second kappa shape index (κ2) is 4.06. The maximum Gasteiger partial charge on any atom is 0.355 e. The number of carbonyl (C=O) groups is 1. The number of carboxylic acid groups (broad SMARTS) is 1. The summed E-state index contributed by atoms with van der Waals surface area (Å²) in [5.74, 6) is -0.980. The third-order valence-corrected chi connectivity index (χ3v) is 3.08. The monoisotopic (exact) mass is 233 g/mol. The van der Waals surface area contributed by atoms with E-state index in [-0.39, 0.29) is 5.69 Å². The Morgan fingerprint density at radius 1 is 1.25 bits per heavy atom. The second-order valence-electron chi connectivity index (χ2n) is 3.72. The van der Waals surface area contributed by atoms with Crippen LogP contribution in [0.1, 0.15) is 21.6 Å². The molecule has 4 heteroatoms. The number of aromatic carboxylic acids is 1. The van der Waals surface area contributed by atoms with E-state index in [1.54, 1.807) is 5.38 Å². The Kier molecular flexibility index (Phi) is 2.75. The van der Waals surface area contributed by atoms with Crippen LogP contribution >= 0.6 is 11.3 Å². The fourth-order valence-corrected chi connectivity index (χ4v) is 2.38. The van der Waals surface area contributed by atoms with Gasteiger partial charge in [-0.05, 0) is 26.0 Å². The van der Waals surface area contributed by atoms with E-state index in [1.807, 2.05) is 26.0 Å². The summed E-state index contributed by atoms with van der Waals surface area (Å²) in [6.07, 6.45) is 0. The lowest BCUT2D eigenvalue weighted by molar-refractivity contribution is 0.0691. The minimum Gasteiger partial charge on any atom is -0.476 e. The van der Waals surface area contributed by atoms with Crippen LogP contribution in [-0.4, -0.2) is 16.1 Å². The largest absolute Gasteiger partial charge is 0.476 e. The number of nitrogens with zero attached hydrogens (tertiary/aromatic N) is 1. The molecule has 0 saturated carbocycles. The number of thiazole rings is 1. The Morgan fingerprint density at radius 3 is 2.38 bits per heavy atom. The molecule has 0 bridgehead atoms. The quantitative estimate of drug-likeness (QED) is 0.867. The zero-order valence-electron chi connectivity index (χ0n) is 9.02. The summed E-state index contributed by atoms with van der Waals surface area (Å²) < 4.78 is 0. The van der Waals surface area contributed by atoms with Crippen molar-refractivity contribution in [3.63, 3.8) is 0 Å². The number of carboxylic acids is 1. The average molecular weight is 233 g/mol. The van der Waals surface area contributed by atoms with Gasteiger partial charge in [0.2, 0.25) is 0 Å². The fraction of sp³-hybridized carbons (Fsp3) is 0.167. The molecule has 0 aliphatic heterocycles. The van der Waals surface area contributed by atoms with Gasteiger partial charge < -0.3 is 5.11 Å². The molecule has 2 aromatic rings. The topological polar surface area (TPSA) is 50.2 Å². The van der Waals surface area contributed by atoms with Gasteiger partial charge in [-0.2, -0.15) is 0 Å². The van der Waals surface area contributed by atoms with E-state index in [9.17, 15) is 4.79 Å². The highest BCUT2D eigenvalue weighted by Gasteiger charge is 2.10. The van der Waals surface area contributed by atoms with Crippen LogP contribution in [-0.2, 0) is 0 Å². The standard InChI is InChI=1S/C12H11NO2S/c1-7-3-8(2)5-9(4-7)11-13-10(6-16-11)12(14)15/h3-6H,1-2H3,(H,14,15). The van der Waals surface area contributed by atoms with Gasteiger partial charge >= 0.3 is 5.97 Å². The first-order valence-electron chi connectivity index (χ1n) is 4.84. The van der Waals surface area contributed by atoms with Crippen molar-refractivity contribution in [1.82, 2.24) is 4.98 Å². The summed E-state index contributed by atoms with van der Waals surface area (Å²) in [6.45, 7) is 4.03. The van der Waals surface area contributed by atoms with Crippen molar-refractivity contribution in [3.05, 3.63) is 40.4 Å². The molecule has 0 aliphatic rings. The predicted molar refractivity (Wildman–Crippen MR) is 64.0 cm³/mol. The zero-order chi connectivity index (χ0) is 11.7. The van der Waals surface area contributed by atoms with Crippen LogP contribution in [0.5, 0.6) is 0 Å². The van der Waals surface area contributed by atoms with Crippen molar-refractivity contribution < 1.29 is 9.90 Å². The van der Waals surface area contributed by atoms with Crippen molar-refractivity contribution in [2.45, 2.75) is 13.8 Å². The minimum absolute atomic E-state index is 0.110. The second-order valence-corrected chi connectivity index (χ2v) is 4.58. The van der Waals surface area contributed by atoms with E-state index < -0.39 is 5.97 Å². The summed E-state index contributed by atoms with van der Waals surface area (Å²) in [6, 6.07) is 6.10. The predicted octanol–water partition coefficient (Wildman–Crippen LogP) is 3.13. The van der Waals surface area contributed by atoms with Gasteiger partial charge in [-0.15, -0.1) is 11.3 Å². The van der Waals surface area contributed by atoms with Gasteiger partial charge in [0, 0.05) is 10.9 Å². The zero-order valence-corrected chi connectivity index (χ0v) is 9.84. The molecule has 0 atom stereocenters. The summed E-state index contributed by atoms with van der Waals surface area (Å²) in [4.78, 5) is 14.8. The highest BCUT2D eigenvalue weighted by molar-refractivity contribution is 7.13. The smallest absolute Gasteiger partial charge is 0.355 e. The number of hydrogen-bond acceptors (Lipinski definition) is 3. The molecule has 0 amide bonds. The van der Waals surface area contributed by atoms with E-state index in [0.717, 1.165) is 21.7 Å². The molecular formula is C12H11NO2S. The third-order valence-electron chi connectivity index (χ3n) is 2.19. The molecule has 2 rings (SSSR count). The van der Waals surface area contributed by atoms with E-state index in [4.69, 9.17) is 5.11 Å². The van der Waals surface area contributed by atoms with Crippen molar-refractivity contribution in [2.24, 2.45) is 0 Å². The lowest BCUT2D eigenvalue weighted by Gasteiger charge is -2.01. The van der Waals surface area contributed by atoms with E-state index in [0.29, 0.717) is 0 Å². The van der Waals surface area contributed by atoms with Gasteiger partial charge in [-0.1, -0.05) is 17.2 Å². The average Bonchev–Trinajstić information content (AvgIpc) is 2.64. The van der Waals surface area contributed by atoms with Crippen molar-refractivity contribution >= 4 is 17.3 Å². The van der Waals surface area contributed by atoms with E-state index in [1.165, 1.54) is 11.3 Å². The molecule has 1 aromatic heterocycles. The fourth-order valence-electron chi connectivity index (χ4n) is 1.60. The van der Waals surface area contributed by atoms with Crippen LogP contribution in [0.3, 0.4) is 0 Å². The van der Waals surface area contributed by atoms with Crippen LogP contribution in [0.25, 0.3) is 10.6 Å². The lowest BCUT2D eigenvalue weighted by Crippen LogP contribution is -1.95. The molecule has 0 fully saturated rings. The van der Waals surface area contributed by atoms with Crippen LogP contribution in [0.15, 0.2) is 23.6 Å². The van der Waals surface area contributed by atoms with Crippen LogP contribution in [0, 0.1) is 13.8 Å². The minimum atomic E-state index is -0.980. The Bertz CT molecular complexity index is 525. The SMILES string of the molecule is Cc1cc(C)cc(-c2nc(C(=O)O)cs2)c1. The molecule has 0 aliphatic carbocycles. The summed E-state index contributed by atoms with van der Waals surface area (Å²) in [7, 11) is 0. The molecule has 82 valence electrons. The first kappa shape index (κ1) is 10.8. The number of aryl methyl sites for hydroxylation is 2. The molecule has 1 heterocycles. The first-order valence-corrected chi connectivity index (χ1v) is 5.72. The molecule has 0 radical (unpaired) electrons. The molecule has 1 N–H and O–H groups in total. The Morgan fingerprint density at radius 2 is 1.88 bits per heavy atom. The van der Waals surface area contributed by atoms with Crippen molar-refractivity contribution in [3.8, 4) is 10.6 Å². The summed E-state index contributed by atoms with van der Waals surface area (Å²) >= 11 is 1.36. The van der Waals surface area contributed by atoms with Gasteiger partial charge in [-0.3, -0.25) is 0 Å². The summed E-state index contributed by atoms with van der Waals surface area (Å²) in [5, 5.41) is 11.1. The Labute approximate surface area is 97.4 Å². The van der Waals surface area contributed by atoms with Gasteiger partial charge in [0.05, 0.1) is 0 Å². The molecule has 0 unspecified atom stereocenters. The van der Waals surface area contributed by atoms with Gasteiger partial charge in [0.1, 0.15) is 5.01 Å². The number of benzene rings is 1. The highest BCUT2D eigenvalue weighted by atomic mass is 32.1. The van der Waals surface area contributed by atoms with Crippen LogP contribution in [0.2, 0.25) is 0 Å². The maximum absolute atomic E-state index is 10.7. The first-order chi connectivity index (χ1) is 7.56. The van der Waals surface area contributed by atoms with Gasteiger partial charge in [-0.25, -0.2) is 9.78 Å². The normalized spacial score (nSPS) is 10.4. The highest BCUT2D eigenvalue weighted by Crippen LogP contribution is 2.25. The number of aromatic nitrogens is 1. The van der Waals surface area contributed by atoms with Crippen LogP contribution in [0.4, 0.5) is 0 Å². The number of hydrogen-bond donors (Lipinski definition) is 1. The lowest BCUT2D eigenvalue weighted by atomic mass is 10.1. The maximum atomic E-state index is 10.7. The van der Waals surface area contributed by atoms with E-state index >= 15 is 0 Å². The molecular weight excluding hydrogens is 222 g/mol. The van der Waals surface area contributed by atoms with Crippen LogP contribution < -0.4 is 0 Å². The number of rotatable bonds is 2. The molecule has 3 nitrogen and oxygen atoms in total. The van der Waals surface area contributed by atoms with Crippen molar-refractivity contribution in [1.29, 1.82) is 0 Å². The Balaban J connectivity index is 2.46. The molecule has 0 spiro atoms. The Hall–Kier alpha value is -1.68. The molecule has 1 aromatic carbocycles. The summed E-state index contributed by atoms with van der Waals surface area (Å²) in [5.41, 5.74) is 3.40.